The van der Waals surface area contributed by atoms with Crippen LogP contribution in [-0.2, 0) is 11.3 Å². The lowest BCUT2D eigenvalue weighted by molar-refractivity contribution is -0.108. The van der Waals surface area contributed by atoms with Crippen LogP contribution in [0.5, 0.6) is 11.5 Å². The number of carbonyl (C=O) groups excluding carboxylic acids is 3. The van der Waals surface area contributed by atoms with E-state index in [4.69, 9.17) is 9.47 Å². The molecule has 1 atom stereocenters. The number of hydrogen-bond acceptors (Lipinski definition) is 5. The Morgan fingerprint density at radius 3 is 2.74 bits per heavy atom. The van der Waals surface area contributed by atoms with E-state index in [9.17, 15) is 18.8 Å². The topological polar surface area (TPSA) is 97.0 Å². The van der Waals surface area contributed by atoms with Crippen molar-refractivity contribution < 1.29 is 28.2 Å². The number of rotatable bonds is 6. The first-order chi connectivity index (χ1) is 14.9. The van der Waals surface area contributed by atoms with Crippen molar-refractivity contribution in [3.63, 3.8) is 0 Å². The van der Waals surface area contributed by atoms with E-state index in [1.165, 1.54) is 31.3 Å². The average Bonchev–Trinajstić information content (AvgIpc) is 3.07. The highest BCUT2D eigenvalue weighted by molar-refractivity contribution is 5.98. The van der Waals surface area contributed by atoms with Gasteiger partial charge in [0.05, 0.1) is 20.8 Å². The van der Waals surface area contributed by atoms with E-state index >= 15 is 0 Å². The standard InChI is InChI=1S/C22H20FN3O5/c1-30-17-7-5-15-11-26(21(28)18(15)10-17)12-16(25-22(29)24-13-27)6-3-14-4-8-20(31-2)19(23)9-14/h4-5,7-10,13,16H,11-12H2,1-2H3,(H2,24,25,27,29)/t16-/m1/s1. The maximum absolute atomic E-state index is 13.9. The molecule has 0 unspecified atom stereocenters. The Labute approximate surface area is 178 Å². The summed E-state index contributed by atoms with van der Waals surface area (Å²) in [4.78, 5) is 36.7. The van der Waals surface area contributed by atoms with Gasteiger partial charge in [-0.1, -0.05) is 17.9 Å². The molecule has 0 spiro atoms. The number of nitrogens with one attached hydrogen (secondary N) is 2. The van der Waals surface area contributed by atoms with Crippen LogP contribution in [0.4, 0.5) is 9.18 Å². The zero-order valence-electron chi connectivity index (χ0n) is 16.9. The van der Waals surface area contributed by atoms with E-state index in [0.29, 0.717) is 23.4 Å². The molecule has 3 rings (SSSR count). The number of benzene rings is 2. The van der Waals surface area contributed by atoms with E-state index in [1.54, 1.807) is 24.3 Å². The number of urea groups is 1. The van der Waals surface area contributed by atoms with Crippen LogP contribution < -0.4 is 20.1 Å². The summed E-state index contributed by atoms with van der Waals surface area (Å²) in [5.74, 6) is 5.45. The third kappa shape index (κ3) is 5.11. The van der Waals surface area contributed by atoms with Gasteiger partial charge in [0.2, 0.25) is 6.41 Å². The molecule has 4 amide bonds. The second-order valence-electron chi connectivity index (χ2n) is 6.62. The SMILES string of the molecule is COc1ccc2c(c1)C(=O)N(C[C@@H](C#Cc1ccc(OC)c(F)c1)NC(=O)NC=O)C2. The number of amides is 4. The molecule has 2 aromatic rings. The monoisotopic (exact) mass is 425 g/mol. The summed E-state index contributed by atoms with van der Waals surface area (Å²) in [7, 11) is 2.87. The van der Waals surface area contributed by atoms with Crippen molar-refractivity contribution >= 4 is 18.3 Å². The highest BCUT2D eigenvalue weighted by atomic mass is 19.1. The van der Waals surface area contributed by atoms with Crippen LogP contribution in [-0.4, -0.2) is 50.1 Å². The number of ether oxygens (including phenoxy) is 2. The summed E-state index contributed by atoms with van der Waals surface area (Å²) in [6.07, 6.45) is 0.238. The molecule has 9 heteroatoms. The third-order valence-corrected chi connectivity index (χ3v) is 4.64. The molecule has 0 saturated heterocycles. The molecule has 0 fully saturated rings. The molecule has 2 N–H and O–H groups in total. The van der Waals surface area contributed by atoms with Gasteiger partial charge in [0.1, 0.15) is 11.8 Å². The fourth-order valence-corrected chi connectivity index (χ4v) is 3.13. The van der Waals surface area contributed by atoms with Gasteiger partial charge in [-0.2, -0.15) is 0 Å². The number of carbonyl (C=O) groups is 3. The summed E-state index contributed by atoms with van der Waals surface area (Å²) < 4.78 is 23.9. The van der Waals surface area contributed by atoms with Crippen molar-refractivity contribution in [1.29, 1.82) is 0 Å². The minimum absolute atomic E-state index is 0.0632. The fraction of sp³-hybridized carbons (Fsp3) is 0.227. The predicted octanol–water partition coefficient (Wildman–Crippen LogP) is 1.67. The molecule has 1 heterocycles. The Morgan fingerprint density at radius 1 is 1.26 bits per heavy atom. The van der Waals surface area contributed by atoms with Gasteiger partial charge in [-0.15, -0.1) is 0 Å². The summed E-state index contributed by atoms with van der Waals surface area (Å²) in [5, 5.41) is 4.50. The molecular weight excluding hydrogens is 405 g/mol. The highest BCUT2D eigenvalue weighted by Gasteiger charge is 2.29. The Morgan fingerprint density at radius 2 is 2.06 bits per heavy atom. The highest BCUT2D eigenvalue weighted by Crippen LogP contribution is 2.26. The predicted molar refractivity (Wildman–Crippen MR) is 109 cm³/mol. The second-order valence-corrected chi connectivity index (χ2v) is 6.62. The summed E-state index contributed by atoms with van der Waals surface area (Å²) in [5.41, 5.74) is 1.70. The van der Waals surface area contributed by atoms with Gasteiger partial charge in [-0.3, -0.25) is 14.9 Å². The van der Waals surface area contributed by atoms with E-state index in [1.807, 2.05) is 5.32 Å². The molecule has 1 aliphatic rings. The number of nitrogens with zero attached hydrogens (tertiary/aromatic N) is 1. The number of imide groups is 1. The quantitative estimate of drug-likeness (QED) is 0.542. The van der Waals surface area contributed by atoms with Crippen LogP contribution in [0.3, 0.4) is 0 Å². The Bertz CT molecular complexity index is 1080. The van der Waals surface area contributed by atoms with Gasteiger partial charge in [-0.25, -0.2) is 9.18 Å². The van der Waals surface area contributed by atoms with Crippen LogP contribution >= 0.6 is 0 Å². The number of methoxy groups -OCH3 is 2. The number of fused-ring (bicyclic) bond motifs is 1. The number of hydrogen-bond donors (Lipinski definition) is 2. The fourth-order valence-electron chi connectivity index (χ4n) is 3.13. The van der Waals surface area contributed by atoms with Crippen molar-refractivity contribution in [2.45, 2.75) is 12.6 Å². The minimum atomic E-state index is -0.815. The van der Waals surface area contributed by atoms with Crippen LogP contribution in [0.15, 0.2) is 36.4 Å². The smallest absolute Gasteiger partial charge is 0.322 e. The molecule has 31 heavy (non-hydrogen) atoms. The zero-order chi connectivity index (χ0) is 22.4. The normalized spacial score (nSPS) is 12.9. The lowest BCUT2D eigenvalue weighted by atomic mass is 10.1. The van der Waals surface area contributed by atoms with Crippen LogP contribution in [0.25, 0.3) is 0 Å². The third-order valence-electron chi connectivity index (χ3n) is 4.64. The average molecular weight is 425 g/mol. The van der Waals surface area contributed by atoms with Crippen LogP contribution in [0.1, 0.15) is 21.5 Å². The molecule has 0 aliphatic carbocycles. The van der Waals surface area contributed by atoms with E-state index in [0.717, 1.165) is 5.56 Å². The minimum Gasteiger partial charge on any atom is -0.497 e. The molecule has 0 aromatic heterocycles. The van der Waals surface area contributed by atoms with E-state index in [2.05, 4.69) is 17.2 Å². The van der Waals surface area contributed by atoms with Gasteiger partial charge < -0.3 is 19.7 Å². The summed E-state index contributed by atoms with van der Waals surface area (Å²) >= 11 is 0. The van der Waals surface area contributed by atoms with Crippen molar-refractivity contribution in [2.75, 3.05) is 20.8 Å². The van der Waals surface area contributed by atoms with Crippen molar-refractivity contribution in [1.82, 2.24) is 15.5 Å². The van der Waals surface area contributed by atoms with Gasteiger partial charge in [0, 0.05) is 17.7 Å². The lowest BCUT2D eigenvalue weighted by Gasteiger charge is -2.21. The van der Waals surface area contributed by atoms with E-state index < -0.39 is 17.9 Å². The lowest BCUT2D eigenvalue weighted by Crippen LogP contribution is -2.46. The first-order valence-corrected chi connectivity index (χ1v) is 9.27. The maximum atomic E-state index is 13.9. The Hall–Kier alpha value is -4.06. The summed E-state index contributed by atoms with van der Waals surface area (Å²) in [6, 6.07) is 7.87. The van der Waals surface area contributed by atoms with Crippen LogP contribution in [0.2, 0.25) is 0 Å². The first kappa shape index (κ1) is 21.6. The molecule has 1 aliphatic heterocycles. The molecule has 8 nitrogen and oxygen atoms in total. The number of halogens is 1. The molecular formula is C22H20FN3O5. The zero-order valence-corrected chi connectivity index (χ0v) is 16.9. The molecule has 0 radical (unpaired) electrons. The first-order valence-electron chi connectivity index (χ1n) is 9.27. The van der Waals surface area contributed by atoms with Gasteiger partial charge in [0.25, 0.3) is 5.91 Å². The molecule has 160 valence electrons. The van der Waals surface area contributed by atoms with E-state index in [-0.39, 0.29) is 24.6 Å². The summed E-state index contributed by atoms with van der Waals surface area (Å²) in [6.45, 7) is 0.401. The van der Waals surface area contributed by atoms with Gasteiger partial charge in [-0.05, 0) is 35.9 Å². The Kier molecular flexibility index (Phi) is 6.72. The molecule has 0 bridgehead atoms. The Balaban J connectivity index is 1.80. The van der Waals surface area contributed by atoms with Crippen LogP contribution in [0, 0.1) is 17.7 Å². The van der Waals surface area contributed by atoms with Crippen molar-refractivity contribution in [3.8, 4) is 23.3 Å². The molecule has 0 saturated carbocycles. The maximum Gasteiger partial charge on any atom is 0.322 e. The van der Waals surface area contributed by atoms with Gasteiger partial charge >= 0.3 is 6.03 Å². The van der Waals surface area contributed by atoms with Crippen molar-refractivity contribution in [3.05, 3.63) is 58.9 Å². The van der Waals surface area contributed by atoms with Gasteiger partial charge in [0.15, 0.2) is 11.6 Å². The largest absolute Gasteiger partial charge is 0.497 e. The molecule has 2 aromatic carbocycles. The second kappa shape index (κ2) is 9.63. The van der Waals surface area contributed by atoms with Crippen molar-refractivity contribution in [2.24, 2.45) is 0 Å².